The average molecular weight is 298 g/mol. The van der Waals surface area contributed by atoms with Crippen molar-refractivity contribution in [2.24, 2.45) is 0 Å². The molecule has 0 saturated carbocycles. The van der Waals surface area contributed by atoms with Gasteiger partial charge in [-0.1, -0.05) is 18.2 Å². The van der Waals surface area contributed by atoms with Crippen LogP contribution in [0.5, 0.6) is 0 Å². The Kier molecular flexibility index (Phi) is 5.10. The molecule has 0 aromatic heterocycles. The molecule has 0 bridgehead atoms. The Hall–Kier alpha value is -2.87. The van der Waals surface area contributed by atoms with Gasteiger partial charge in [0.2, 0.25) is 0 Å². The second-order valence-corrected chi connectivity index (χ2v) is 4.86. The molecule has 0 aliphatic heterocycles. The van der Waals surface area contributed by atoms with Crippen molar-refractivity contribution in [3.8, 4) is 6.07 Å². The molecule has 0 amide bonds. The Bertz CT molecular complexity index is 710. The minimum absolute atomic E-state index is 0.0472. The fraction of sp³-hybridized carbons (Fsp3) is 0.176. The maximum atomic E-state index is 13.4. The summed E-state index contributed by atoms with van der Waals surface area (Å²) in [5.41, 5.74) is 2.02. The molecule has 0 spiro atoms. The molecular formula is C17H15FN2O2. The molecule has 22 heavy (non-hydrogen) atoms. The first-order valence-corrected chi connectivity index (χ1v) is 6.80. The number of carboxylic acids is 1. The number of hydrogen-bond donors (Lipinski definition) is 1. The highest BCUT2D eigenvalue weighted by atomic mass is 19.1. The van der Waals surface area contributed by atoms with Crippen molar-refractivity contribution in [3.05, 3.63) is 65.5 Å². The third-order valence-corrected chi connectivity index (χ3v) is 3.20. The first-order chi connectivity index (χ1) is 10.6. The van der Waals surface area contributed by atoms with Crippen LogP contribution < -0.4 is 4.90 Å². The Morgan fingerprint density at radius 3 is 2.68 bits per heavy atom. The van der Waals surface area contributed by atoms with E-state index in [1.165, 1.54) is 12.1 Å². The summed E-state index contributed by atoms with van der Waals surface area (Å²) in [5, 5.41) is 17.8. The number of benzene rings is 2. The van der Waals surface area contributed by atoms with E-state index in [0.717, 1.165) is 5.56 Å². The molecular weight excluding hydrogens is 283 g/mol. The number of nitrogens with zero attached hydrogens (tertiary/aromatic N) is 2. The monoisotopic (exact) mass is 298 g/mol. The molecule has 0 saturated heterocycles. The van der Waals surface area contributed by atoms with E-state index in [4.69, 9.17) is 10.4 Å². The molecule has 2 aromatic rings. The van der Waals surface area contributed by atoms with Crippen molar-refractivity contribution < 1.29 is 14.3 Å². The molecule has 0 aliphatic rings. The molecule has 0 heterocycles. The molecule has 1 N–H and O–H groups in total. The lowest BCUT2D eigenvalue weighted by Crippen LogP contribution is -2.25. The predicted octanol–water partition coefficient (Wildman–Crippen LogP) is 3.18. The third-order valence-electron chi connectivity index (χ3n) is 3.20. The highest BCUT2D eigenvalue weighted by molar-refractivity contribution is 5.67. The van der Waals surface area contributed by atoms with Gasteiger partial charge >= 0.3 is 5.97 Å². The first-order valence-electron chi connectivity index (χ1n) is 6.80. The molecule has 2 rings (SSSR count). The zero-order valence-electron chi connectivity index (χ0n) is 11.9. The van der Waals surface area contributed by atoms with E-state index in [9.17, 15) is 9.18 Å². The summed E-state index contributed by atoms with van der Waals surface area (Å²) < 4.78 is 13.4. The zero-order valence-corrected chi connectivity index (χ0v) is 11.9. The van der Waals surface area contributed by atoms with Gasteiger partial charge in [-0.05, 0) is 35.9 Å². The second-order valence-electron chi connectivity index (χ2n) is 4.86. The summed E-state index contributed by atoms with van der Waals surface area (Å²) in [6.07, 6.45) is -0.0472. The predicted molar refractivity (Wildman–Crippen MR) is 80.9 cm³/mol. The molecule has 4 nitrogen and oxygen atoms in total. The van der Waals surface area contributed by atoms with Crippen LogP contribution in [-0.4, -0.2) is 17.6 Å². The van der Waals surface area contributed by atoms with Gasteiger partial charge in [0.05, 0.1) is 18.1 Å². The summed E-state index contributed by atoms with van der Waals surface area (Å²) >= 11 is 0. The van der Waals surface area contributed by atoms with E-state index >= 15 is 0 Å². The van der Waals surface area contributed by atoms with Crippen LogP contribution in [-0.2, 0) is 11.3 Å². The largest absolute Gasteiger partial charge is 0.481 e. The normalized spacial score (nSPS) is 10.0. The number of anilines is 1. The second kappa shape index (κ2) is 7.23. The van der Waals surface area contributed by atoms with Crippen molar-refractivity contribution in [2.45, 2.75) is 13.0 Å². The number of rotatable bonds is 6. The lowest BCUT2D eigenvalue weighted by atomic mass is 10.1. The molecule has 0 unspecified atom stereocenters. The number of hydrogen-bond acceptors (Lipinski definition) is 3. The molecule has 2 aromatic carbocycles. The number of halogens is 1. The molecule has 112 valence electrons. The molecule has 0 aliphatic carbocycles. The smallest absolute Gasteiger partial charge is 0.305 e. The topological polar surface area (TPSA) is 64.3 Å². The molecule has 0 atom stereocenters. The van der Waals surface area contributed by atoms with Crippen LogP contribution in [0.25, 0.3) is 0 Å². The lowest BCUT2D eigenvalue weighted by Gasteiger charge is -2.24. The summed E-state index contributed by atoms with van der Waals surface area (Å²) in [6, 6.07) is 15.2. The number of carboxylic acid groups (broad SMARTS) is 1. The fourth-order valence-corrected chi connectivity index (χ4v) is 2.16. The van der Waals surface area contributed by atoms with Gasteiger partial charge in [-0.15, -0.1) is 0 Å². The Morgan fingerprint density at radius 2 is 2.00 bits per heavy atom. The SMILES string of the molecule is N#Cc1cccc(CN(CCC(=O)O)c2cccc(F)c2)c1. The summed E-state index contributed by atoms with van der Waals surface area (Å²) in [6.45, 7) is 0.668. The molecule has 0 fully saturated rings. The van der Waals surface area contributed by atoms with Crippen LogP contribution in [0, 0.1) is 17.1 Å². The van der Waals surface area contributed by atoms with Crippen molar-refractivity contribution in [3.63, 3.8) is 0 Å². The van der Waals surface area contributed by atoms with E-state index < -0.39 is 5.97 Å². The van der Waals surface area contributed by atoms with Gasteiger partial charge in [0.1, 0.15) is 5.82 Å². The van der Waals surface area contributed by atoms with E-state index in [-0.39, 0.29) is 18.8 Å². The minimum Gasteiger partial charge on any atom is -0.481 e. The fourth-order valence-electron chi connectivity index (χ4n) is 2.16. The number of nitriles is 1. The van der Waals surface area contributed by atoms with E-state index in [2.05, 4.69) is 6.07 Å². The quantitative estimate of drug-likeness (QED) is 0.889. The maximum Gasteiger partial charge on any atom is 0.305 e. The van der Waals surface area contributed by atoms with E-state index in [1.807, 2.05) is 6.07 Å². The van der Waals surface area contributed by atoms with Gasteiger partial charge in [-0.2, -0.15) is 5.26 Å². The summed E-state index contributed by atoms with van der Waals surface area (Å²) in [7, 11) is 0. The zero-order chi connectivity index (χ0) is 15.9. The minimum atomic E-state index is -0.910. The number of carbonyl (C=O) groups is 1. The summed E-state index contributed by atoms with van der Waals surface area (Å²) in [4.78, 5) is 12.6. The van der Waals surface area contributed by atoms with Crippen LogP contribution in [0.15, 0.2) is 48.5 Å². The Labute approximate surface area is 128 Å². The van der Waals surface area contributed by atoms with Crippen LogP contribution in [0.1, 0.15) is 17.5 Å². The summed E-state index contributed by atoms with van der Waals surface area (Å²) in [5.74, 6) is -1.28. The third kappa shape index (κ3) is 4.32. The van der Waals surface area contributed by atoms with Gasteiger partial charge in [-0.3, -0.25) is 4.79 Å². The highest BCUT2D eigenvalue weighted by Crippen LogP contribution is 2.19. The maximum absolute atomic E-state index is 13.4. The van der Waals surface area contributed by atoms with Crippen molar-refractivity contribution in [1.29, 1.82) is 5.26 Å². The van der Waals surface area contributed by atoms with Crippen LogP contribution in [0.2, 0.25) is 0 Å². The van der Waals surface area contributed by atoms with Gasteiger partial charge in [-0.25, -0.2) is 4.39 Å². The van der Waals surface area contributed by atoms with E-state index in [1.54, 1.807) is 35.2 Å². The van der Waals surface area contributed by atoms with Crippen LogP contribution in [0.4, 0.5) is 10.1 Å². The average Bonchev–Trinajstić information content (AvgIpc) is 2.51. The van der Waals surface area contributed by atoms with Crippen molar-refractivity contribution in [1.82, 2.24) is 0 Å². The number of aliphatic carboxylic acids is 1. The van der Waals surface area contributed by atoms with Gasteiger partial charge in [0.15, 0.2) is 0 Å². The Morgan fingerprint density at radius 1 is 1.23 bits per heavy atom. The van der Waals surface area contributed by atoms with Crippen LogP contribution in [0.3, 0.4) is 0 Å². The molecule has 0 radical (unpaired) electrons. The van der Waals surface area contributed by atoms with E-state index in [0.29, 0.717) is 17.8 Å². The Balaban J connectivity index is 2.24. The highest BCUT2D eigenvalue weighted by Gasteiger charge is 2.11. The first kappa shape index (κ1) is 15.5. The van der Waals surface area contributed by atoms with Gasteiger partial charge in [0.25, 0.3) is 0 Å². The lowest BCUT2D eigenvalue weighted by molar-refractivity contribution is -0.136. The molecule has 5 heteroatoms. The van der Waals surface area contributed by atoms with Crippen molar-refractivity contribution in [2.75, 3.05) is 11.4 Å². The van der Waals surface area contributed by atoms with Gasteiger partial charge < -0.3 is 10.0 Å². The van der Waals surface area contributed by atoms with Crippen LogP contribution >= 0.6 is 0 Å². The van der Waals surface area contributed by atoms with Gasteiger partial charge in [0, 0.05) is 18.8 Å². The van der Waals surface area contributed by atoms with Crippen molar-refractivity contribution >= 4 is 11.7 Å². The standard InChI is InChI=1S/C17H15FN2O2/c18-15-5-2-6-16(10-15)20(8-7-17(21)22)12-14-4-1-3-13(9-14)11-19/h1-6,9-10H,7-8,12H2,(H,21,22).